The molecule has 0 bridgehead atoms. The number of unbranched alkanes of at least 4 members (excludes halogenated alkanes) is 2. The predicted molar refractivity (Wildman–Crippen MR) is 58.9 cm³/mol. The first-order valence-electron chi connectivity index (χ1n) is 4.06. The first-order chi connectivity index (χ1) is 4.06. The number of hydrogen-bond donors (Lipinski definition) is 1. The van der Waals surface area contributed by atoms with Crippen LogP contribution in [0.3, 0.4) is 0 Å². The highest BCUT2D eigenvalue weighted by molar-refractivity contribution is 8.93. The summed E-state index contributed by atoms with van der Waals surface area (Å²) in [5.41, 5.74) is 0.551. The van der Waals surface area contributed by atoms with Crippen LogP contribution in [0.15, 0.2) is 0 Å². The van der Waals surface area contributed by atoms with Gasteiger partial charge in [-0.25, -0.2) is 0 Å². The topological polar surface area (TPSA) is 35.0 Å². The lowest BCUT2D eigenvalue weighted by molar-refractivity contribution is 0.359. The normalized spacial score (nSPS) is 9.82. The minimum atomic E-state index is 0. The molecular formula is C9H24BrN. The van der Waals surface area contributed by atoms with Crippen LogP contribution in [-0.2, 0) is 0 Å². The van der Waals surface area contributed by atoms with E-state index in [9.17, 15) is 0 Å². The van der Waals surface area contributed by atoms with Gasteiger partial charge in [-0.1, -0.05) is 47.0 Å². The second-order valence-electron chi connectivity index (χ2n) is 4.02. The molecule has 0 aromatic rings. The van der Waals surface area contributed by atoms with Crippen LogP contribution < -0.4 is 6.15 Å². The maximum atomic E-state index is 2.31. The SMILES string of the molecule is Br.CCCCCC(C)(C)C.N. The van der Waals surface area contributed by atoms with Gasteiger partial charge in [-0.05, 0) is 11.8 Å². The van der Waals surface area contributed by atoms with Gasteiger partial charge in [-0.3, -0.25) is 0 Å². The van der Waals surface area contributed by atoms with Gasteiger partial charge in [0.25, 0.3) is 0 Å². The molecule has 0 saturated carbocycles. The Hall–Kier alpha value is 0.440. The molecule has 3 N–H and O–H groups in total. The van der Waals surface area contributed by atoms with Crippen LogP contribution in [0.1, 0.15) is 53.4 Å². The summed E-state index contributed by atoms with van der Waals surface area (Å²) in [6, 6.07) is 0. The first kappa shape index (κ1) is 17.5. The summed E-state index contributed by atoms with van der Waals surface area (Å²) >= 11 is 0. The Bertz CT molecular complexity index is 66.5. The minimum absolute atomic E-state index is 0. The first-order valence-corrected chi connectivity index (χ1v) is 4.06. The van der Waals surface area contributed by atoms with E-state index in [1.807, 2.05) is 0 Å². The molecule has 0 radical (unpaired) electrons. The monoisotopic (exact) mass is 225 g/mol. The molecule has 0 aromatic carbocycles. The van der Waals surface area contributed by atoms with Crippen molar-refractivity contribution in [3.8, 4) is 0 Å². The van der Waals surface area contributed by atoms with Crippen LogP contribution >= 0.6 is 17.0 Å². The maximum absolute atomic E-state index is 2.31. The summed E-state index contributed by atoms with van der Waals surface area (Å²) < 4.78 is 0. The fourth-order valence-corrected chi connectivity index (χ4v) is 0.905. The molecule has 0 spiro atoms. The molecule has 0 aromatic heterocycles. The fourth-order valence-electron chi connectivity index (χ4n) is 0.905. The van der Waals surface area contributed by atoms with Crippen LogP contribution in [0.5, 0.6) is 0 Å². The number of rotatable bonds is 3. The standard InChI is InChI=1S/C9H20.BrH.H3N/c1-5-6-7-8-9(2,3)4;;/h5-8H2,1-4H3;1H;1H3. The highest BCUT2D eigenvalue weighted by Gasteiger charge is 2.07. The van der Waals surface area contributed by atoms with Crippen LogP contribution in [0.25, 0.3) is 0 Å². The molecule has 0 aliphatic heterocycles. The van der Waals surface area contributed by atoms with Crippen LogP contribution in [0, 0.1) is 5.41 Å². The fraction of sp³-hybridized carbons (Fsp3) is 1.00. The summed E-state index contributed by atoms with van der Waals surface area (Å²) in [6.45, 7) is 9.18. The molecule has 2 heteroatoms. The van der Waals surface area contributed by atoms with Crippen LogP contribution in [0.2, 0.25) is 0 Å². The highest BCUT2D eigenvalue weighted by atomic mass is 79.9. The molecule has 1 nitrogen and oxygen atoms in total. The molecule has 0 rings (SSSR count). The van der Waals surface area contributed by atoms with Crippen molar-refractivity contribution in [3.63, 3.8) is 0 Å². The van der Waals surface area contributed by atoms with Gasteiger partial charge in [0.15, 0.2) is 0 Å². The van der Waals surface area contributed by atoms with Crippen molar-refractivity contribution in [1.82, 2.24) is 6.15 Å². The lowest BCUT2D eigenvalue weighted by Crippen LogP contribution is -2.03. The Kier molecular flexibility index (Phi) is 13.6. The van der Waals surface area contributed by atoms with Gasteiger partial charge >= 0.3 is 0 Å². The number of hydrogen-bond acceptors (Lipinski definition) is 1. The summed E-state index contributed by atoms with van der Waals surface area (Å²) in [7, 11) is 0. The quantitative estimate of drug-likeness (QED) is 0.713. The Morgan fingerprint density at radius 1 is 1.00 bits per heavy atom. The van der Waals surface area contributed by atoms with Gasteiger partial charge in [0, 0.05) is 0 Å². The Morgan fingerprint density at radius 2 is 1.45 bits per heavy atom. The third-order valence-electron chi connectivity index (χ3n) is 1.53. The van der Waals surface area contributed by atoms with Gasteiger partial charge in [-0.2, -0.15) is 0 Å². The van der Waals surface area contributed by atoms with Crippen molar-refractivity contribution in [2.75, 3.05) is 0 Å². The number of halogens is 1. The molecule has 72 valence electrons. The minimum Gasteiger partial charge on any atom is -0.344 e. The van der Waals surface area contributed by atoms with Crippen LogP contribution in [0.4, 0.5) is 0 Å². The average Bonchev–Trinajstić information content (AvgIpc) is 1.63. The van der Waals surface area contributed by atoms with Gasteiger partial charge in [-0.15, -0.1) is 17.0 Å². The van der Waals surface area contributed by atoms with Crippen molar-refractivity contribution in [3.05, 3.63) is 0 Å². The largest absolute Gasteiger partial charge is 0.344 e. The van der Waals surface area contributed by atoms with E-state index in [0.717, 1.165) is 0 Å². The van der Waals surface area contributed by atoms with Crippen molar-refractivity contribution < 1.29 is 0 Å². The summed E-state index contributed by atoms with van der Waals surface area (Å²) in [6.07, 6.45) is 5.52. The third kappa shape index (κ3) is 17.9. The van der Waals surface area contributed by atoms with Crippen LogP contribution in [-0.4, -0.2) is 0 Å². The smallest absolute Gasteiger partial charge is 0.0383 e. The highest BCUT2D eigenvalue weighted by Crippen LogP contribution is 2.21. The predicted octanol–water partition coefficient (Wildman–Crippen LogP) is 4.35. The lowest BCUT2D eigenvalue weighted by atomic mass is 9.90. The zero-order chi connectivity index (χ0) is 7.33. The van der Waals surface area contributed by atoms with Crippen molar-refractivity contribution in [2.45, 2.75) is 53.4 Å². The molecule has 0 amide bonds. The summed E-state index contributed by atoms with van der Waals surface area (Å²) in [5.74, 6) is 0. The van der Waals surface area contributed by atoms with Crippen molar-refractivity contribution >= 4 is 17.0 Å². The third-order valence-corrected chi connectivity index (χ3v) is 1.53. The van der Waals surface area contributed by atoms with Crippen molar-refractivity contribution in [2.24, 2.45) is 5.41 Å². The summed E-state index contributed by atoms with van der Waals surface area (Å²) in [4.78, 5) is 0. The maximum Gasteiger partial charge on any atom is -0.0383 e. The van der Waals surface area contributed by atoms with E-state index < -0.39 is 0 Å². The van der Waals surface area contributed by atoms with Gasteiger partial charge in [0.1, 0.15) is 0 Å². The average molecular weight is 226 g/mol. The van der Waals surface area contributed by atoms with Crippen molar-refractivity contribution in [1.29, 1.82) is 0 Å². The molecule has 0 aliphatic carbocycles. The van der Waals surface area contributed by atoms with Gasteiger partial charge in [0.05, 0.1) is 0 Å². The van der Waals surface area contributed by atoms with Gasteiger partial charge < -0.3 is 6.15 Å². The molecule has 0 unspecified atom stereocenters. The Balaban J connectivity index is -0.000000320. The zero-order valence-electron chi connectivity index (χ0n) is 8.44. The molecule has 0 atom stereocenters. The second-order valence-corrected chi connectivity index (χ2v) is 4.02. The molecule has 0 fully saturated rings. The van der Waals surface area contributed by atoms with E-state index in [-0.39, 0.29) is 23.1 Å². The molecule has 0 heterocycles. The summed E-state index contributed by atoms with van der Waals surface area (Å²) in [5, 5.41) is 0. The lowest BCUT2D eigenvalue weighted by Gasteiger charge is -2.16. The van der Waals surface area contributed by atoms with E-state index in [0.29, 0.717) is 5.41 Å². The molecule has 0 saturated heterocycles. The van der Waals surface area contributed by atoms with E-state index in [1.165, 1.54) is 25.7 Å². The van der Waals surface area contributed by atoms with E-state index in [4.69, 9.17) is 0 Å². The Morgan fingerprint density at radius 3 is 1.73 bits per heavy atom. The zero-order valence-corrected chi connectivity index (χ0v) is 10.2. The molecular weight excluding hydrogens is 202 g/mol. The molecule has 11 heavy (non-hydrogen) atoms. The Labute approximate surface area is 82.3 Å². The molecule has 0 aliphatic rings. The van der Waals surface area contributed by atoms with E-state index >= 15 is 0 Å². The van der Waals surface area contributed by atoms with E-state index in [2.05, 4.69) is 27.7 Å². The van der Waals surface area contributed by atoms with E-state index in [1.54, 1.807) is 0 Å². The second kappa shape index (κ2) is 8.54. The van der Waals surface area contributed by atoms with Gasteiger partial charge in [0.2, 0.25) is 0 Å².